The maximum Gasteiger partial charge on any atom is 0.339 e. The highest BCUT2D eigenvalue weighted by atomic mass is 16.5. The molecule has 0 aromatic heterocycles. The normalized spacial score (nSPS) is 10.1. The van der Waals surface area contributed by atoms with E-state index in [0.29, 0.717) is 0 Å². The summed E-state index contributed by atoms with van der Waals surface area (Å²) in [5.74, 6) is -3.97. The third-order valence-corrected chi connectivity index (χ3v) is 2.40. The minimum Gasteiger partial charge on any atom is -0.504 e. The lowest BCUT2D eigenvalue weighted by Crippen LogP contribution is -2.00. The van der Waals surface area contributed by atoms with Crippen molar-refractivity contribution in [3.8, 4) is 28.7 Å². The molecule has 98 valence electrons. The maximum absolute atomic E-state index is 11.0. The molecule has 0 fully saturated rings. The Morgan fingerprint density at radius 3 is 2.21 bits per heavy atom. The third kappa shape index (κ3) is 2.37. The summed E-state index contributed by atoms with van der Waals surface area (Å²) in [6.45, 7) is 0. The molecular weight excluding hydrogens is 252 g/mol. The second-order valence-electron chi connectivity index (χ2n) is 3.69. The lowest BCUT2D eigenvalue weighted by molar-refractivity contribution is 0.0692. The van der Waals surface area contributed by atoms with Gasteiger partial charge >= 0.3 is 5.97 Å². The Morgan fingerprint density at radius 2 is 1.63 bits per heavy atom. The number of aromatic hydroxyl groups is 3. The monoisotopic (exact) mass is 262 g/mol. The van der Waals surface area contributed by atoms with Crippen LogP contribution in [-0.2, 0) is 0 Å². The Kier molecular flexibility index (Phi) is 3.15. The summed E-state index contributed by atoms with van der Waals surface area (Å²) in [4.78, 5) is 11.0. The molecular formula is C13H10O6. The highest BCUT2D eigenvalue weighted by Gasteiger charge is 2.23. The summed E-state index contributed by atoms with van der Waals surface area (Å²) in [6, 6.07) is 8.96. The molecule has 0 unspecified atom stereocenters. The van der Waals surface area contributed by atoms with Crippen molar-refractivity contribution in [2.75, 3.05) is 0 Å². The number of phenolic OH excluding ortho intramolecular Hbond substituents is 3. The first-order valence-electron chi connectivity index (χ1n) is 5.24. The van der Waals surface area contributed by atoms with E-state index in [4.69, 9.17) is 9.84 Å². The van der Waals surface area contributed by atoms with Crippen molar-refractivity contribution < 1.29 is 30.0 Å². The number of carboxylic acid groups (broad SMARTS) is 1. The summed E-state index contributed by atoms with van der Waals surface area (Å²) >= 11 is 0. The number of benzene rings is 2. The molecule has 0 saturated carbocycles. The van der Waals surface area contributed by atoms with Gasteiger partial charge in [-0.1, -0.05) is 18.2 Å². The van der Waals surface area contributed by atoms with Crippen molar-refractivity contribution in [2.24, 2.45) is 0 Å². The van der Waals surface area contributed by atoms with Crippen LogP contribution >= 0.6 is 0 Å². The Hall–Kier alpha value is -2.89. The van der Waals surface area contributed by atoms with E-state index in [1.807, 2.05) is 0 Å². The van der Waals surface area contributed by atoms with Crippen molar-refractivity contribution in [1.82, 2.24) is 0 Å². The SMILES string of the molecule is O=C(O)c1cc(O)c(O)c(O)c1Oc1ccccc1. The van der Waals surface area contributed by atoms with Crippen LogP contribution < -0.4 is 4.74 Å². The lowest BCUT2D eigenvalue weighted by Gasteiger charge is -2.12. The number of hydrogen-bond acceptors (Lipinski definition) is 5. The van der Waals surface area contributed by atoms with Crippen LogP contribution in [0.1, 0.15) is 10.4 Å². The Bertz CT molecular complexity index is 621. The van der Waals surface area contributed by atoms with Gasteiger partial charge in [0, 0.05) is 6.07 Å². The minimum absolute atomic E-state index is 0.283. The molecule has 6 heteroatoms. The Labute approximate surface area is 107 Å². The first-order chi connectivity index (χ1) is 9.00. The zero-order chi connectivity index (χ0) is 14.0. The first-order valence-corrected chi connectivity index (χ1v) is 5.24. The molecule has 0 saturated heterocycles. The topological polar surface area (TPSA) is 107 Å². The van der Waals surface area contributed by atoms with E-state index in [1.54, 1.807) is 30.3 Å². The summed E-state index contributed by atoms with van der Waals surface area (Å²) in [5, 5.41) is 37.4. The van der Waals surface area contributed by atoms with Gasteiger partial charge in [0.25, 0.3) is 0 Å². The standard InChI is InChI=1S/C13H10O6/c14-9-6-8(13(17)18)12(11(16)10(9)15)19-7-4-2-1-3-5-7/h1-6,14-16H,(H,17,18). The van der Waals surface area contributed by atoms with Crippen LogP contribution in [0.4, 0.5) is 0 Å². The van der Waals surface area contributed by atoms with Crippen molar-refractivity contribution in [3.05, 3.63) is 42.0 Å². The smallest absolute Gasteiger partial charge is 0.339 e. The molecule has 0 radical (unpaired) electrons. The summed E-state index contributed by atoms with van der Waals surface area (Å²) in [6.07, 6.45) is 0. The quantitative estimate of drug-likeness (QED) is 0.632. The van der Waals surface area contributed by atoms with Crippen LogP contribution in [0.3, 0.4) is 0 Å². The maximum atomic E-state index is 11.0. The summed E-state index contributed by atoms with van der Waals surface area (Å²) < 4.78 is 5.24. The number of aromatic carboxylic acids is 1. The molecule has 19 heavy (non-hydrogen) atoms. The molecule has 0 amide bonds. The van der Waals surface area contributed by atoms with Gasteiger partial charge in [-0.15, -0.1) is 0 Å². The van der Waals surface area contributed by atoms with Crippen LogP contribution in [0.15, 0.2) is 36.4 Å². The minimum atomic E-state index is -1.41. The Balaban J connectivity index is 2.55. The first kappa shape index (κ1) is 12.6. The zero-order valence-electron chi connectivity index (χ0n) is 9.57. The fraction of sp³-hybridized carbons (Fsp3) is 0. The van der Waals surface area contributed by atoms with Gasteiger partial charge in [-0.05, 0) is 12.1 Å². The molecule has 4 N–H and O–H groups in total. The predicted molar refractivity (Wildman–Crippen MR) is 64.9 cm³/mol. The molecule has 0 aliphatic rings. The fourth-order valence-electron chi connectivity index (χ4n) is 1.50. The molecule has 2 rings (SSSR count). The van der Waals surface area contributed by atoms with Crippen LogP contribution in [0.5, 0.6) is 28.7 Å². The number of carboxylic acids is 1. The van der Waals surface area contributed by atoms with Gasteiger partial charge in [-0.25, -0.2) is 4.79 Å². The number of phenols is 3. The number of hydrogen-bond donors (Lipinski definition) is 4. The van der Waals surface area contributed by atoms with Gasteiger partial charge < -0.3 is 25.2 Å². The highest BCUT2D eigenvalue weighted by molar-refractivity contribution is 5.93. The van der Waals surface area contributed by atoms with Crippen LogP contribution in [0.25, 0.3) is 0 Å². The molecule has 0 heterocycles. The largest absolute Gasteiger partial charge is 0.504 e. The Morgan fingerprint density at radius 1 is 1.00 bits per heavy atom. The second-order valence-corrected chi connectivity index (χ2v) is 3.69. The summed E-state index contributed by atoms with van der Waals surface area (Å²) in [7, 11) is 0. The molecule has 0 bridgehead atoms. The number of rotatable bonds is 3. The van der Waals surface area contributed by atoms with E-state index in [1.165, 1.54) is 0 Å². The van der Waals surface area contributed by atoms with E-state index in [-0.39, 0.29) is 5.75 Å². The molecule has 0 atom stereocenters. The highest BCUT2D eigenvalue weighted by Crippen LogP contribution is 2.46. The average molecular weight is 262 g/mol. The molecule has 0 spiro atoms. The second kappa shape index (κ2) is 4.77. The predicted octanol–water partition coefficient (Wildman–Crippen LogP) is 2.29. The number of carbonyl (C=O) groups is 1. The van der Waals surface area contributed by atoms with Crippen molar-refractivity contribution in [3.63, 3.8) is 0 Å². The van der Waals surface area contributed by atoms with Gasteiger partial charge in [-0.2, -0.15) is 0 Å². The third-order valence-electron chi connectivity index (χ3n) is 2.40. The van der Waals surface area contributed by atoms with Crippen molar-refractivity contribution in [2.45, 2.75) is 0 Å². The molecule has 6 nitrogen and oxygen atoms in total. The van der Waals surface area contributed by atoms with Crippen molar-refractivity contribution in [1.29, 1.82) is 0 Å². The van der Waals surface area contributed by atoms with E-state index in [0.717, 1.165) is 6.07 Å². The van der Waals surface area contributed by atoms with Crippen LogP contribution in [0.2, 0.25) is 0 Å². The van der Waals surface area contributed by atoms with E-state index >= 15 is 0 Å². The number of ether oxygens (including phenoxy) is 1. The van der Waals surface area contributed by atoms with E-state index in [9.17, 15) is 20.1 Å². The van der Waals surface area contributed by atoms with Gasteiger partial charge in [0.2, 0.25) is 11.5 Å². The zero-order valence-corrected chi connectivity index (χ0v) is 9.57. The molecule has 2 aromatic rings. The van der Waals surface area contributed by atoms with Gasteiger partial charge in [0.15, 0.2) is 11.5 Å². The van der Waals surface area contributed by atoms with Crippen LogP contribution in [-0.4, -0.2) is 26.4 Å². The molecule has 0 aliphatic heterocycles. The van der Waals surface area contributed by atoms with Crippen LogP contribution in [0, 0.1) is 0 Å². The fourth-order valence-corrected chi connectivity index (χ4v) is 1.50. The molecule has 0 aliphatic carbocycles. The van der Waals surface area contributed by atoms with Gasteiger partial charge in [0.05, 0.1) is 0 Å². The lowest BCUT2D eigenvalue weighted by atomic mass is 10.1. The van der Waals surface area contributed by atoms with Gasteiger partial charge in [-0.3, -0.25) is 0 Å². The van der Waals surface area contributed by atoms with E-state index < -0.39 is 34.5 Å². The summed E-state index contributed by atoms with van der Waals surface area (Å²) in [5.41, 5.74) is -0.461. The average Bonchev–Trinajstić information content (AvgIpc) is 2.40. The van der Waals surface area contributed by atoms with Gasteiger partial charge in [0.1, 0.15) is 11.3 Å². The number of para-hydroxylation sites is 1. The van der Waals surface area contributed by atoms with E-state index in [2.05, 4.69) is 0 Å². The molecule has 2 aromatic carbocycles. The van der Waals surface area contributed by atoms with Crippen molar-refractivity contribution >= 4 is 5.97 Å².